The van der Waals surface area contributed by atoms with E-state index in [0.717, 1.165) is 19.3 Å². The molecule has 0 aromatic heterocycles. The van der Waals surface area contributed by atoms with E-state index in [-0.39, 0.29) is 18.1 Å². The average Bonchev–Trinajstić information content (AvgIpc) is 2.19. The number of rotatable bonds is 7. The Labute approximate surface area is 90.3 Å². The first-order chi connectivity index (χ1) is 7.16. The molecule has 1 saturated carbocycles. The van der Waals surface area contributed by atoms with Crippen molar-refractivity contribution in [1.82, 2.24) is 5.32 Å². The zero-order valence-corrected chi connectivity index (χ0v) is 9.25. The van der Waals surface area contributed by atoms with Gasteiger partial charge in [-0.15, -0.1) is 0 Å². The molecule has 1 aliphatic rings. The van der Waals surface area contributed by atoms with E-state index in [1.54, 1.807) is 7.11 Å². The molecule has 0 aromatic carbocycles. The van der Waals surface area contributed by atoms with Crippen molar-refractivity contribution in [3.05, 3.63) is 0 Å². The van der Waals surface area contributed by atoms with E-state index in [0.29, 0.717) is 19.8 Å². The molecule has 15 heavy (non-hydrogen) atoms. The maximum Gasteiger partial charge on any atom is 0.246 e. The van der Waals surface area contributed by atoms with E-state index in [4.69, 9.17) is 15.2 Å². The number of methoxy groups -OCH3 is 1. The highest BCUT2D eigenvalue weighted by atomic mass is 16.5. The maximum atomic E-state index is 11.3. The number of carbonyl (C=O) groups excluding carboxylic acids is 1. The van der Waals surface area contributed by atoms with Gasteiger partial charge in [0.25, 0.3) is 0 Å². The van der Waals surface area contributed by atoms with Gasteiger partial charge in [-0.2, -0.15) is 0 Å². The minimum atomic E-state index is -0.164. The van der Waals surface area contributed by atoms with Crippen LogP contribution in [0.5, 0.6) is 0 Å². The topological polar surface area (TPSA) is 73.6 Å². The molecule has 5 heteroatoms. The molecule has 0 aromatic rings. The van der Waals surface area contributed by atoms with E-state index in [1.807, 2.05) is 0 Å². The van der Waals surface area contributed by atoms with Gasteiger partial charge in [-0.05, 0) is 19.3 Å². The highest BCUT2D eigenvalue weighted by Gasteiger charge is 2.32. The van der Waals surface area contributed by atoms with Gasteiger partial charge in [0.15, 0.2) is 0 Å². The van der Waals surface area contributed by atoms with Crippen molar-refractivity contribution in [1.29, 1.82) is 0 Å². The summed E-state index contributed by atoms with van der Waals surface area (Å²) < 4.78 is 9.86. The van der Waals surface area contributed by atoms with Gasteiger partial charge in [-0.1, -0.05) is 0 Å². The standard InChI is InChI=1S/C10H20N2O3/c1-14-5-6-15-7-9(13)12-8-10(11)3-2-4-10/h2-8,11H2,1H3,(H,12,13). The summed E-state index contributed by atoms with van der Waals surface area (Å²) >= 11 is 0. The van der Waals surface area contributed by atoms with Gasteiger partial charge < -0.3 is 20.5 Å². The number of nitrogens with one attached hydrogen (secondary N) is 1. The third-order valence-corrected chi connectivity index (χ3v) is 2.65. The average molecular weight is 216 g/mol. The molecule has 0 saturated heterocycles. The third kappa shape index (κ3) is 4.59. The van der Waals surface area contributed by atoms with E-state index >= 15 is 0 Å². The lowest BCUT2D eigenvalue weighted by atomic mass is 9.78. The van der Waals surface area contributed by atoms with Crippen LogP contribution in [0.3, 0.4) is 0 Å². The monoisotopic (exact) mass is 216 g/mol. The number of amides is 1. The summed E-state index contributed by atoms with van der Waals surface area (Å²) in [6, 6.07) is 0. The molecule has 0 spiro atoms. The Morgan fingerprint density at radius 3 is 2.73 bits per heavy atom. The summed E-state index contributed by atoms with van der Waals surface area (Å²) in [5.41, 5.74) is 5.79. The summed E-state index contributed by atoms with van der Waals surface area (Å²) in [4.78, 5) is 11.3. The van der Waals surface area contributed by atoms with E-state index in [2.05, 4.69) is 5.32 Å². The molecular formula is C10H20N2O3. The second-order valence-corrected chi connectivity index (χ2v) is 4.04. The van der Waals surface area contributed by atoms with Gasteiger partial charge in [0.05, 0.1) is 13.2 Å². The lowest BCUT2D eigenvalue weighted by molar-refractivity contribution is -0.126. The summed E-state index contributed by atoms with van der Waals surface area (Å²) in [6.45, 7) is 1.59. The van der Waals surface area contributed by atoms with Crippen LogP contribution in [-0.4, -0.2) is 44.9 Å². The maximum absolute atomic E-state index is 11.3. The Morgan fingerprint density at radius 2 is 2.20 bits per heavy atom. The van der Waals surface area contributed by atoms with Crippen molar-refractivity contribution in [2.24, 2.45) is 5.73 Å². The number of hydrogen-bond donors (Lipinski definition) is 2. The van der Waals surface area contributed by atoms with Crippen molar-refractivity contribution >= 4 is 5.91 Å². The van der Waals surface area contributed by atoms with Crippen LogP contribution in [0.4, 0.5) is 0 Å². The van der Waals surface area contributed by atoms with E-state index in [1.165, 1.54) is 0 Å². The smallest absolute Gasteiger partial charge is 0.246 e. The van der Waals surface area contributed by atoms with Crippen LogP contribution < -0.4 is 11.1 Å². The molecule has 88 valence electrons. The van der Waals surface area contributed by atoms with Crippen molar-refractivity contribution in [2.75, 3.05) is 33.5 Å². The first-order valence-electron chi connectivity index (χ1n) is 5.28. The van der Waals surface area contributed by atoms with Crippen molar-refractivity contribution in [3.8, 4) is 0 Å². The number of nitrogens with two attached hydrogens (primary N) is 1. The predicted molar refractivity (Wildman–Crippen MR) is 56.5 cm³/mol. The van der Waals surface area contributed by atoms with Crippen molar-refractivity contribution in [2.45, 2.75) is 24.8 Å². The molecule has 1 aliphatic carbocycles. The Morgan fingerprint density at radius 1 is 1.47 bits per heavy atom. The second kappa shape index (κ2) is 6.05. The molecule has 1 fully saturated rings. The van der Waals surface area contributed by atoms with E-state index < -0.39 is 0 Å². The highest BCUT2D eigenvalue weighted by Crippen LogP contribution is 2.27. The molecule has 3 N–H and O–H groups in total. The Balaban J connectivity index is 1.98. The molecule has 5 nitrogen and oxygen atoms in total. The first-order valence-corrected chi connectivity index (χ1v) is 5.28. The number of hydrogen-bond acceptors (Lipinski definition) is 4. The number of ether oxygens (including phenoxy) is 2. The summed E-state index contributed by atoms with van der Waals surface area (Å²) in [5.74, 6) is -0.108. The Kier molecular flexibility index (Phi) is 5.01. The van der Waals surface area contributed by atoms with Gasteiger partial charge >= 0.3 is 0 Å². The van der Waals surface area contributed by atoms with Gasteiger partial charge in [-0.25, -0.2) is 0 Å². The molecule has 1 rings (SSSR count). The summed E-state index contributed by atoms with van der Waals surface area (Å²) in [6.07, 6.45) is 3.16. The molecule has 0 aliphatic heterocycles. The number of carbonyl (C=O) groups is 1. The van der Waals surface area contributed by atoms with Gasteiger partial charge in [-0.3, -0.25) is 4.79 Å². The van der Waals surface area contributed by atoms with Crippen LogP contribution in [0.2, 0.25) is 0 Å². The van der Waals surface area contributed by atoms with Crippen LogP contribution in [0.1, 0.15) is 19.3 Å². The fourth-order valence-corrected chi connectivity index (χ4v) is 1.44. The molecule has 0 bridgehead atoms. The molecule has 0 radical (unpaired) electrons. The lowest BCUT2D eigenvalue weighted by Gasteiger charge is -2.38. The summed E-state index contributed by atoms with van der Waals surface area (Å²) in [5, 5.41) is 2.77. The quantitative estimate of drug-likeness (QED) is 0.570. The van der Waals surface area contributed by atoms with Crippen LogP contribution in [0, 0.1) is 0 Å². The van der Waals surface area contributed by atoms with E-state index in [9.17, 15) is 4.79 Å². The van der Waals surface area contributed by atoms with Gasteiger partial charge in [0.2, 0.25) is 5.91 Å². The Hall–Kier alpha value is -0.650. The molecule has 0 atom stereocenters. The minimum Gasteiger partial charge on any atom is -0.382 e. The third-order valence-electron chi connectivity index (χ3n) is 2.65. The zero-order valence-electron chi connectivity index (χ0n) is 9.25. The molecule has 1 amide bonds. The summed E-state index contributed by atoms with van der Waals surface area (Å²) in [7, 11) is 1.60. The van der Waals surface area contributed by atoms with Crippen molar-refractivity contribution < 1.29 is 14.3 Å². The van der Waals surface area contributed by atoms with Crippen LogP contribution >= 0.6 is 0 Å². The fourth-order valence-electron chi connectivity index (χ4n) is 1.44. The van der Waals surface area contributed by atoms with Crippen LogP contribution in [0.25, 0.3) is 0 Å². The van der Waals surface area contributed by atoms with Crippen LogP contribution in [-0.2, 0) is 14.3 Å². The highest BCUT2D eigenvalue weighted by molar-refractivity contribution is 5.77. The van der Waals surface area contributed by atoms with Crippen LogP contribution in [0.15, 0.2) is 0 Å². The molecule has 0 heterocycles. The second-order valence-electron chi connectivity index (χ2n) is 4.04. The van der Waals surface area contributed by atoms with Gasteiger partial charge in [0.1, 0.15) is 6.61 Å². The largest absolute Gasteiger partial charge is 0.382 e. The normalized spacial score (nSPS) is 18.3. The first kappa shape index (κ1) is 12.4. The Bertz CT molecular complexity index is 205. The van der Waals surface area contributed by atoms with Gasteiger partial charge in [0, 0.05) is 19.2 Å². The fraction of sp³-hybridized carbons (Fsp3) is 0.900. The SMILES string of the molecule is COCCOCC(=O)NCC1(N)CCC1. The molecule has 0 unspecified atom stereocenters. The lowest BCUT2D eigenvalue weighted by Crippen LogP contribution is -2.55. The zero-order chi connectivity index (χ0) is 11.1. The predicted octanol–water partition coefficient (Wildman–Crippen LogP) is -0.353. The minimum absolute atomic E-state index is 0.0828. The van der Waals surface area contributed by atoms with Crippen molar-refractivity contribution in [3.63, 3.8) is 0 Å². The molecular weight excluding hydrogens is 196 g/mol.